The second kappa shape index (κ2) is 41.0. The molecule has 0 bridgehead atoms. The Balaban J connectivity index is -0.000000237. The van der Waals surface area contributed by atoms with E-state index in [1.807, 2.05) is 0 Å². The van der Waals surface area contributed by atoms with Crippen LogP contribution in [-0.2, 0) is 0 Å². The average Bonchev–Trinajstić information content (AvgIpc) is 2.98. The van der Waals surface area contributed by atoms with Crippen LogP contribution in [0.5, 0.6) is 0 Å². The van der Waals surface area contributed by atoms with Gasteiger partial charge < -0.3 is 0 Å². The van der Waals surface area contributed by atoms with E-state index >= 15 is 0 Å². The Kier molecular flexibility index (Phi) is 49.7. The molecule has 0 aromatic rings. The molecule has 0 aliphatic heterocycles. The number of rotatable bonds is 22. The lowest BCUT2D eigenvalue weighted by atomic mass is 10.2. The maximum atomic E-state index is 2.48. The first-order chi connectivity index (χ1) is 28.8. The highest BCUT2D eigenvalue weighted by molar-refractivity contribution is 7.63. The summed E-state index contributed by atoms with van der Waals surface area (Å²) in [5, 5.41) is 19.4. The fourth-order valence-electron chi connectivity index (χ4n) is 10.2. The summed E-state index contributed by atoms with van der Waals surface area (Å²) in [6.07, 6.45) is 0. The van der Waals surface area contributed by atoms with Gasteiger partial charge in [0.1, 0.15) is 0 Å². The zero-order chi connectivity index (χ0) is 53.0. The molecule has 0 amide bonds. The Morgan fingerprint density at radius 1 is 0.277 bits per heavy atom. The molecule has 0 heterocycles. The quantitative estimate of drug-likeness (QED) is 0.0749. The first kappa shape index (κ1) is 78.7. The van der Waals surface area contributed by atoms with Gasteiger partial charge in [-0.1, -0.05) is 258 Å². The highest BCUT2D eigenvalue weighted by Gasteiger charge is 2.38. The lowest BCUT2D eigenvalue weighted by molar-refractivity contribution is 0.685. The van der Waals surface area contributed by atoms with Crippen LogP contribution in [0, 0.1) is 35.5 Å². The summed E-state index contributed by atoms with van der Waals surface area (Å²) in [6, 6.07) is 0. The standard InChI is InChI=1S/2C9H20P.6C4H9.3C3H8P.4CH3.5Al/c2*1-8(2,3)10(7)9(4,5)6;9*1-4(2)3;;;;;;;;;/h2*7H2,1-6H3;6*4H,1H2,2-3H3;3*1H2,2-3H3;4*1H3;;;;;. The van der Waals surface area contributed by atoms with Gasteiger partial charge in [0, 0.05) is 0 Å². The van der Waals surface area contributed by atoms with Crippen molar-refractivity contribution in [1.82, 2.24) is 0 Å². The van der Waals surface area contributed by atoms with Crippen molar-refractivity contribution in [2.45, 2.75) is 242 Å². The third-order valence-corrected chi connectivity index (χ3v) is 50.9. The fraction of sp³-hybridized carbons (Fsp3) is 1.00. The Morgan fingerprint density at radius 2 is 0.446 bits per heavy atom. The minimum absolute atomic E-state index is 0.118. The molecule has 0 fully saturated rings. The third kappa shape index (κ3) is 57.9. The number of hydrogen-bond acceptors (Lipinski definition) is 0. The van der Waals surface area contributed by atoms with E-state index in [2.05, 4.69) is 229 Å². The zero-order valence-electron chi connectivity index (χ0n) is 52.4. The Hall–Kier alpha value is 4.81. The van der Waals surface area contributed by atoms with Crippen molar-refractivity contribution in [2.24, 2.45) is 35.5 Å². The largest absolute Gasteiger partial charge is 0.267 e. The molecule has 0 unspecified atom stereocenters. The van der Waals surface area contributed by atoms with Crippen molar-refractivity contribution in [3.05, 3.63) is 0 Å². The van der Waals surface area contributed by atoms with Crippen LogP contribution in [-0.4, -0.2) is 156 Å². The van der Waals surface area contributed by atoms with Crippen LogP contribution in [0.3, 0.4) is 0 Å². The molecule has 0 radical (unpaired) electrons. The average molecular weight is 1080 g/mol. The molecule has 0 aliphatic carbocycles. The van der Waals surface area contributed by atoms with Crippen molar-refractivity contribution in [3.63, 3.8) is 0 Å². The van der Waals surface area contributed by atoms with Crippen LogP contribution >= 0.6 is 39.6 Å². The Labute approximate surface area is 448 Å². The smallest absolute Gasteiger partial charge is 0.126 e. The Bertz CT molecular complexity index is 927. The van der Waals surface area contributed by atoms with Crippen LogP contribution in [0.4, 0.5) is 0 Å². The summed E-state index contributed by atoms with van der Waals surface area (Å²) in [5.74, 6) is 15.3. The molecule has 65 heavy (non-hydrogen) atoms. The van der Waals surface area contributed by atoms with E-state index in [1.165, 1.54) is 0 Å². The van der Waals surface area contributed by atoms with Gasteiger partial charge in [-0.3, -0.25) is 0 Å². The summed E-state index contributed by atoms with van der Waals surface area (Å²) in [4.78, 5) is 0. The van der Waals surface area contributed by atoms with Crippen LogP contribution in [0.15, 0.2) is 0 Å². The fourth-order valence-corrected chi connectivity index (χ4v) is 54.3. The summed E-state index contributed by atoms with van der Waals surface area (Å²) in [6.45, 7) is 72.5. The first-order valence-electron chi connectivity index (χ1n) is 27.3. The SMILES string of the molecule is CC(C)[CH2][Al]([CH2]C(C)C)[CH2]P(C(C)(C)C)C(C)(C)C.CC(C)[CH2][Al]([CH2]C(C)C)[CH2]P(C)C.CC(C)[CH2][Al]([CH2]C(C)C)[CH2]P(C)C.[CH3][Al]([CH3])[CH2]P(C(C)(C)C)C(C)(C)C.[CH3][Al]([CH3])[CH2]P(C)C. The molecule has 0 N–H and O–H groups in total. The van der Waals surface area contributed by atoms with Gasteiger partial charge in [0.05, 0.1) is 0 Å². The van der Waals surface area contributed by atoms with E-state index in [4.69, 9.17) is 0 Å². The van der Waals surface area contributed by atoms with E-state index in [0.717, 1.165) is 35.5 Å². The second-order valence-corrected chi connectivity index (χ2v) is 63.3. The topological polar surface area (TPSA) is 0 Å². The zero-order valence-corrected chi connectivity index (χ0v) is 62.6. The van der Waals surface area contributed by atoms with Crippen LogP contribution < -0.4 is 0 Å². The normalized spacial score (nSPS) is 12.5. The predicted molar refractivity (Wildman–Crippen MR) is 344 cm³/mol. The van der Waals surface area contributed by atoms with Gasteiger partial charge in [0.15, 0.2) is 0 Å². The van der Waals surface area contributed by atoms with Crippen LogP contribution in [0.25, 0.3) is 0 Å². The molecule has 0 aromatic heterocycles. The van der Waals surface area contributed by atoms with E-state index in [1.54, 1.807) is 56.8 Å². The molecule has 0 saturated heterocycles. The van der Waals surface area contributed by atoms with Crippen LogP contribution in [0.1, 0.15) is 166 Å². The maximum absolute atomic E-state index is 2.48. The van der Waals surface area contributed by atoms with Gasteiger partial charge in [-0.2, -0.15) is 0 Å². The van der Waals surface area contributed by atoms with Gasteiger partial charge in [-0.25, -0.2) is 0 Å². The number of hydrogen-bond donors (Lipinski definition) is 0. The highest BCUT2D eigenvalue weighted by Crippen LogP contribution is 2.60. The van der Waals surface area contributed by atoms with Gasteiger partial charge in [-0.15, -0.1) is 62.8 Å². The van der Waals surface area contributed by atoms with E-state index < -0.39 is 28.3 Å². The van der Waals surface area contributed by atoms with Crippen molar-refractivity contribution < 1.29 is 0 Å². The lowest BCUT2D eigenvalue weighted by Crippen LogP contribution is -2.33. The van der Waals surface area contributed by atoms with E-state index in [9.17, 15) is 0 Å². The molecular formula is C55H130Al5P5. The molecular weight excluding hydrogens is 950 g/mol. The first-order valence-corrected chi connectivity index (χ1v) is 51.3. The maximum Gasteiger partial charge on any atom is 0.267 e. The summed E-state index contributed by atoms with van der Waals surface area (Å²) in [7, 11) is 1.44. The van der Waals surface area contributed by atoms with E-state index in [0.29, 0.717) is 44.4 Å². The second-order valence-electron chi connectivity index (χ2n) is 28.9. The van der Waals surface area contributed by atoms with Crippen molar-refractivity contribution in [3.8, 4) is 0 Å². The van der Waals surface area contributed by atoms with Gasteiger partial charge in [0.2, 0.25) is 0 Å². The molecule has 0 nitrogen and oxygen atoms in total. The van der Waals surface area contributed by atoms with Gasteiger partial charge in [0.25, 0.3) is 70.7 Å². The minimum Gasteiger partial charge on any atom is -0.126 e. The van der Waals surface area contributed by atoms with Crippen molar-refractivity contribution in [2.75, 3.05) is 65.1 Å². The lowest BCUT2D eigenvalue weighted by Gasteiger charge is -2.43. The monoisotopic (exact) mass is 1080 g/mol. The molecule has 0 spiro atoms. The predicted octanol–water partition coefficient (Wildman–Crippen LogP) is 20.9. The summed E-state index contributed by atoms with van der Waals surface area (Å²) in [5.41, 5.74) is 0. The van der Waals surface area contributed by atoms with Crippen molar-refractivity contribution >= 4 is 110 Å². The molecule has 10 heteroatoms. The highest BCUT2D eigenvalue weighted by atomic mass is 31.1. The third-order valence-electron chi connectivity index (χ3n) is 11.0. The summed E-state index contributed by atoms with van der Waals surface area (Å²) < 4.78 is 0. The molecule has 0 aliphatic rings. The van der Waals surface area contributed by atoms with E-state index in [-0.39, 0.29) is 58.3 Å². The molecule has 0 aromatic carbocycles. The molecule has 0 saturated carbocycles. The van der Waals surface area contributed by atoms with Gasteiger partial charge in [-0.05, 0) is 60.6 Å². The molecule has 0 atom stereocenters. The minimum atomic E-state index is -0.578. The summed E-state index contributed by atoms with van der Waals surface area (Å²) >= 11 is -1.93. The molecule has 390 valence electrons. The molecule has 0 rings (SSSR count). The van der Waals surface area contributed by atoms with Crippen molar-refractivity contribution in [1.29, 1.82) is 0 Å². The van der Waals surface area contributed by atoms with Gasteiger partial charge >= 0.3 is 0 Å². The Morgan fingerprint density at radius 3 is 0.554 bits per heavy atom. The van der Waals surface area contributed by atoms with Crippen LogP contribution in [0.2, 0.25) is 54.8 Å².